The summed E-state index contributed by atoms with van der Waals surface area (Å²) in [6.45, 7) is 0.607. The van der Waals surface area contributed by atoms with Crippen LogP contribution in [0, 0.1) is 0 Å². The van der Waals surface area contributed by atoms with Crippen molar-refractivity contribution in [3.63, 3.8) is 0 Å². The summed E-state index contributed by atoms with van der Waals surface area (Å²) in [7, 11) is 1.78. The number of nitrogens with one attached hydrogen (secondary N) is 1. The van der Waals surface area contributed by atoms with Gasteiger partial charge in [0.25, 0.3) is 0 Å². The lowest BCUT2D eigenvalue weighted by atomic mass is 10.3. The molecule has 56 valence electrons. The Labute approximate surface area is 59.4 Å². The number of nitrogens with zero attached hydrogens (tertiary/aromatic N) is 1. The minimum atomic E-state index is 0.607. The fourth-order valence-electron chi connectivity index (χ4n) is 0.695. The normalized spacial score (nSPS) is 9.80. The lowest BCUT2D eigenvalue weighted by molar-refractivity contribution is 0.425. The average molecular weight is 141 g/mol. The van der Waals surface area contributed by atoms with Gasteiger partial charge < -0.3 is 15.6 Å². The summed E-state index contributed by atoms with van der Waals surface area (Å²) >= 11 is 0. The van der Waals surface area contributed by atoms with Crippen molar-refractivity contribution in [3.05, 3.63) is 11.8 Å². The smallest absolute Gasteiger partial charge is 0.224 e. The van der Waals surface area contributed by atoms with Gasteiger partial charge in [-0.1, -0.05) is 5.16 Å². The van der Waals surface area contributed by atoms with Crippen LogP contribution in [0.3, 0.4) is 0 Å². The van der Waals surface area contributed by atoms with Crippen LogP contribution < -0.4 is 11.1 Å². The van der Waals surface area contributed by atoms with Crippen LogP contribution in [0.2, 0.25) is 0 Å². The average Bonchev–Trinajstić information content (AvgIpc) is 2.37. The molecule has 0 atom stereocenters. The van der Waals surface area contributed by atoms with Crippen molar-refractivity contribution in [2.24, 2.45) is 5.73 Å². The molecule has 1 aromatic rings. The molecule has 1 aromatic heterocycles. The van der Waals surface area contributed by atoms with Gasteiger partial charge in [0.15, 0.2) is 0 Å². The van der Waals surface area contributed by atoms with E-state index in [1.807, 2.05) is 6.07 Å². The first-order valence-electron chi connectivity index (χ1n) is 3.20. The summed E-state index contributed by atoms with van der Waals surface area (Å²) in [5.41, 5.74) is 6.20. The van der Waals surface area contributed by atoms with Gasteiger partial charge in [-0.3, -0.25) is 0 Å². The van der Waals surface area contributed by atoms with Crippen LogP contribution in [0.4, 0.5) is 5.88 Å². The number of aromatic nitrogens is 1. The second kappa shape index (κ2) is 3.22. The maximum Gasteiger partial charge on any atom is 0.224 e. The number of hydrogen-bond acceptors (Lipinski definition) is 4. The van der Waals surface area contributed by atoms with E-state index in [4.69, 9.17) is 10.3 Å². The Kier molecular flexibility index (Phi) is 2.28. The molecular weight excluding hydrogens is 130 g/mol. The summed E-state index contributed by atoms with van der Waals surface area (Å²) in [4.78, 5) is 0. The molecule has 4 nitrogen and oxygen atoms in total. The Balaban J connectivity index is 2.59. The second-order valence-electron chi connectivity index (χ2n) is 1.97. The van der Waals surface area contributed by atoms with Crippen molar-refractivity contribution in [1.82, 2.24) is 5.16 Å². The highest BCUT2D eigenvalue weighted by Gasteiger charge is 1.98. The molecule has 0 aliphatic heterocycles. The largest absolute Gasteiger partial charge is 0.357 e. The molecule has 0 aromatic carbocycles. The minimum Gasteiger partial charge on any atom is -0.357 e. The Bertz CT molecular complexity index is 197. The lowest BCUT2D eigenvalue weighted by Gasteiger charge is -1.85. The van der Waals surface area contributed by atoms with Crippen molar-refractivity contribution in [3.8, 4) is 0 Å². The van der Waals surface area contributed by atoms with Gasteiger partial charge in [-0.05, 0) is 6.54 Å². The second-order valence-corrected chi connectivity index (χ2v) is 1.97. The Morgan fingerprint density at radius 2 is 2.60 bits per heavy atom. The van der Waals surface area contributed by atoms with E-state index < -0.39 is 0 Å². The van der Waals surface area contributed by atoms with Crippen molar-refractivity contribution in [1.29, 1.82) is 0 Å². The van der Waals surface area contributed by atoms with E-state index in [9.17, 15) is 0 Å². The fourth-order valence-corrected chi connectivity index (χ4v) is 0.695. The molecule has 0 aliphatic rings. The minimum absolute atomic E-state index is 0.607. The van der Waals surface area contributed by atoms with E-state index in [1.54, 1.807) is 7.05 Å². The molecule has 0 radical (unpaired) electrons. The van der Waals surface area contributed by atoms with Crippen LogP contribution in [0.15, 0.2) is 10.6 Å². The van der Waals surface area contributed by atoms with Crippen LogP contribution in [0.5, 0.6) is 0 Å². The number of nitrogens with two attached hydrogens (primary N) is 1. The van der Waals surface area contributed by atoms with Gasteiger partial charge in [0.1, 0.15) is 0 Å². The Morgan fingerprint density at radius 1 is 1.80 bits per heavy atom. The molecule has 4 heteroatoms. The van der Waals surface area contributed by atoms with Crippen LogP contribution in [-0.4, -0.2) is 18.7 Å². The fraction of sp³-hybridized carbons (Fsp3) is 0.500. The third-order valence-electron chi connectivity index (χ3n) is 1.21. The molecule has 10 heavy (non-hydrogen) atoms. The maximum atomic E-state index is 5.31. The Hall–Kier alpha value is -1.03. The van der Waals surface area contributed by atoms with Gasteiger partial charge in [-0.15, -0.1) is 0 Å². The van der Waals surface area contributed by atoms with E-state index >= 15 is 0 Å². The van der Waals surface area contributed by atoms with E-state index in [1.165, 1.54) is 0 Å². The van der Waals surface area contributed by atoms with Crippen LogP contribution >= 0.6 is 0 Å². The van der Waals surface area contributed by atoms with Crippen molar-refractivity contribution >= 4 is 5.88 Å². The zero-order chi connectivity index (χ0) is 7.40. The molecule has 0 saturated carbocycles. The third kappa shape index (κ3) is 1.48. The first-order chi connectivity index (χ1) is 4.86. The van der Waals surface area contributed by atoms with E-state index in [0.717, 1.165) is 12.1 Å². The molecule has 0 saturated heterocycles. The van der Waals surface area contributed by atoms with Crippen molar-refractivity contribution < 1.29 is 4.52 Å². The van der Waals surface area contributed by atoms with Gasteiger partial charge in [-0.25, -0.2) is 0 Å². The van der Waals surface area contributed by atoms with Crippen LogP contribution in [0.25, 0.3) is 0 Å². The summed E-state index contributed by atoms with van der Waals surface area (Å²) in [6.07, 6.45) is 0.769. The first-order valence-corrected chi connectivity index (χ1v) is 3.20. The highest BCUT2D eigenvalue weighted by molar-refractivity contribution is 5.30. The molecule has 0 amide bonds. The number of rotatable bonds is 3. The zero-order valence-electron chi connectivity index (χ0n) is 5.92. The molecule has 1 heterocycles. The first kappa shape index (κ1) is 7.08. The van der Waals surface area contributed by atoms with Gasteiger partial charge in [0, 0.05) is 19.5 Å². The van der Waals surface area contributed by atoms with Crippen LogP contribution in [0.1, 0.15) is 5.69 Å². The van der Waals surface area contributed by atoms with Gasteiger partial charge in [0.05, 0.1) is 5.69 Å². The Morgan fingerprint density at radius 3 is 3.10 bits per heavy atom. The van der Waals surface area contributed by atoms with Crippen molar-refractivity contribution in [2.45, 2.75) is 6.42 Å². The van der Waals surface area contributed by atoms with Crippen molar-refractivity contribution in [2.75, 3.05) is 18.9 Å². The zero-order valence-corrected chi connectivity index (χ0v) is 5.92. The number of anilines is 1. The summed E-state index contributed by atoms with van der Waals surface area (Å²) in [5, 5.41) is 6.60. The van der Waals surface area contributed by atoms with E-state index in [2.05, 4.69) is 10.5 Å². The molecule has 1 rings (SSSR count). The van der Waals surface area contributed by atoms with Gasteiger partial charge >= 0.3 is 0 Å². The highest BCUT2D eigenvalue weighted by atomic mass is 16.5. The topological polar surface area (TPSA) is 64.1 Å². The molecule has 0 bridgehead atoms. The van der Waals surface area contributed by atoms with Crippen LogP contribution in [-0.2, 0) is 6.42 Å². The monoisotopic (exact) mass is 141 g/mol. The van der Waals surface area contributed by atoms with Gasteiger partial charge in [-0.2, -0.15) is 0 Å². The summed E-state index contributed by atoms with van der Waals surface area (Å²) in [6, 6.07) is 1.84. The summed E-state index contributed by atoms with van der Waals surface area (Å²) < 4.78 is 4.85. The highest BCUT2D eigenvalue weighted by Crippen LogP contribution is 2.07. The standard InChI is InChI=1S/C6H11N3O/c1-8-6-4-5(2-3-7)9-10-6/h4,8H,2-3,7H2,1H3. The van der Waals surface area contributed by atoms with Gasteiger partial charge in [0.2, 0.25) is 5.88 Å². The SMILES string of the molecule is CNc1cc(CCN)no1. The maximum absolute atomic E-state index is 5.31. The molecule has 0 spiro atoms. The molecule has 0 unspecified atom stereocenters. The van der Waals surface area contributed by atoms with E-state index in [0.29, 0.717) is 12.4 Å². The van der Waals surface area contributed by atoms with E-state index in [-0.39, 0.29) is 0 Å². The predicted molar refractivity (Wildman–Crippen MR) is 38.8 cm³/mol. The third-order valence-corrected chi connectivity index (χ3v) is 1.21. The predicted octanol–water partition coefficient (Wildman–Crippen LogP) is 0.217. The molecular formula is C6H11N3O. The lowest BCUT2D eigenvalue weighted by Crippen LogP contribution is -2.02. The summed E-state index contributed by atoms with van der Waals surface area (Å²) in [5.74, 6) is 0.684. The quantitative estimate of drug-likeness (QED) is 0.632. The number of hydrogen-bond donors (Lipinski definition) is 2. The molecule has 3 N–H and O–H groups in total. The molecule has 0 aliphatic carbocycles. The molecule has 0 fully saturated rings.